The molecule has 0 aliphatic carbocycles. The summed E-state index contributed by atoms with van der Waals surface area (Å²) in [5, 5.41) is 27.2. The van der Waals surface area contributed by atoms with Gasteiger partial charge in [-0.1, -0.05) is 12.1 Å². The minimum atomic E-state index is 0.0726. The maximum atomic E-state index is 9.52. The summed E-state index contributed by atoms with van der Waals surface area (Å²) >= 11 is 0. The number of benzene rings is 1. The molecule has 1 aromatic rings. The molecule has 0 bridgehead atoms. The van der Waals surface area contributed by atoms with Crippen LogP contribution in [0.2, 0.25) is 0 Å². The van der Waals surface area contributed by atoms with Gasteiger partial charge in [0.05, 0.1) is 19.8 Å². The number of aliphatic imine (C=N–C) groups is 1. The summed E-state index contributed by atoms with van der Waals surface area (Å²) in [6.45, 7) is 2.45. The second kappa shape index (κ2) is 8.63. The van der Waals surface area contributed by atoms with Crippen LogP contribution >= 0.6 is 0 Å². The largest absolute Gasteiger partial charge is 0.507 e. The van der Waals surface area contributed by atoms with Gasteiger partial charge in [-0.2, -0.15) is 0 Å². The predicted octanol–water partition coefficient (Wildman–Crippen LogP) is 0.0977. The van der Waals surface area contributed by atoms with Gasteiger partial charge in [-0.3, -0.25) is 9.89 Å². The molecule has 0 spiro atoms. The van der Waals surface area contributed by atoms with E-state index >= 15 is 0 Å². The van der Waals surface area contributed by atoms with E-state index in [2.05, 4.69) is 4.99 Å². The number of phenolic OH excluding ortho intramolecular Hbond substituents is 1. The summed E-state index contributed by atoms with van der Waals surface area (Å²) < 4.78 is 0. The molecule has 100 valence electrons. The molecule has 0 fully saturated rings. The first-order chi connectivity index (χ1) is 8.77. The van der Waals surface area contributed by atoms with Gasteiger partial charge in [-0.25, -0.2) is 0 Å². The minimum absolute atomic E-state index is 0.0726. The summed E-state index contributed by atoms with van der Waals surface area (Å²) in [7, 11) is 0. The van der Waals surface area contributed by atoms with Crippen LogP contribution in [0.1, 0.15) is 5.56 Å². The van der Waals surface area contributed by atoms with Gasteiger partial charge in [0.2, 0.25) is 0 Å². The molecule has 0 atom stereocenters. The molecule has 1 aromatic carbocycles. The second-order valence-electron chi connectivity index (χ2n) is 3.88. The van der Waals surface area contributed by atoms with Crippen molar-refractivity contribution in [1.82, 2.24) is 4.90 Å². The minimum Gasteiger partial charge on any atom is -0.507 e. The molecule has 0 radical (unpaired) electrons. The van der Waals surface area contributed by atoms with Crippen LogP contribution in [0.5, 0.6) is 5.75 Å². The molecule has 0 unspecified atom stereocenters. The average Bonchev–Trinajstić information content (AvgIpc) is 2.37. The lowest BCUT2D eigenvalue weighted by atomic mass is 10.2. The fourth-order valence-corrected chi connectivity index (χ4v) is 1.58. The van der Waals surface area contributed by atoms with Crippen LogP contribution in [0.3, 0.4) is 0 Å². The lowest BCUT2D eigenvalue weighted by Gasteiger charge is -2.18. The Morgan fingerprint density at radius 1 is 1.06 bits per heavy atom. The second-order valence-corrected chi connectivity index (χ2v) is 3.88. The molecular weight excluding hydrogens is 232 g/mol. The molecule has 0 aliphatic rings. The van der Waals surface area contributed by atoms with Crippen molar-refractivity contribution in [2.45, 2.75) is 0 Å². The summed E-state index contributed by atoms with van der Waals surface area (Å²) in [6.07, 6.45) is 1.63. The van der Waals surface area contributed by atoms with E-state index in [1.807, 2.05) is 11.0 Å². The molecule has 0 saturated carbocycles. The molecule has 0 heterocycles. The van der Waals surface area contributed by atoms with Crippen molar-refractivity contribution in [1.29, 1.82) is 0 Å². The van der Waals surface area contributed by atoms with Crippen LogP contribution in [0.25, 0.3) is 0 Å². The number of phenols is 1. The Hall–Kier alpha value is -1.43. The number of para-hydroxylation sites is 1. The van der Waals surface area contributed by atoms with Gasteiger partial charge in [0, 0.05) is 31.4 Å². The molecule has 0 saturated heterocycles. The van der Waals surface area contributed by atoms with Gasteiger partial charge in [0.25, 0.3) is 0 Å². The first-order valence-corrected chi connectivity index (χ1v) is 6.00. The Balaban J connectivity index is 2.38. The van der Waals surface area contributed by atoms with E-state index in [9.17, 15) is 5.11 Å². The molecule has 0 aromatic heterocycles. The summed E-state index contributed by atoms with van der Waals surface area (Å²) in [6, 6.07) is 7.00. The summed E-state index contributed by atoms with van der Waals surface area (Å²) in [5.74, 6) is 0.212. The van der Waals surface area contributed by atoms with Crippen molar-refractivity contribution in [3.05, 3.63) is 29.8 Å². The Kier molecular flexibility index (Phi) is 7.01. The summed E-state index contributed by atoms with van der Waals surface area (Å²) in [4.78, 5) is 6.15. The number of aliphatic hydroxyl groups excluding tert-OH is 2. The van der Waals surface area contributed by atoms with Crippen LogP contribution < -0.4 is 0 Å². The highest BCUT2D eigenvalue weighted by Gasteiger charge is 2.01. The van der Waals surface area contributed by atoms with Gasteiger partial charge in [0.1, 0.15) is 5.75 Å². The number of nitrogens with zero attached hydrogens (tertiary/aromatic N) is 2. The normalized spacial score (nSPS) is 11.5. The lowest BCUT2D eigenvalue weighted by molar-refractivity contribution is 0.164. The lowest BCUT2D eigenvalue weighted by Crippen LogP contribution is -2.32. The smallest absolute Gasteiger partial charge is 0.124 e. The number of aromatic hydroxyl groups is 1. The Labute approximate surface area is 107 Å². The predicted molar refractivity (Wildman–Crippen MR) is 71.2 cm³/mol. The molecule has 0 amide bonds. The zero-order valence-corrected chi connectivity index (χ0v) is 10.4. The topological polar surface area (TPSA) is 76.3 Å². The number of hydrogen-bond acceptors (Lipinski definition) is 5. The highest BCUT2D eigenvalue weighted by Crippen LogP contribution is 2.12. The van der Waals surface area contributed by atoms with E-state index in [0.717, 1.165) is 0 Å². The maximum Gasteiger partial charge on any atom is 0.124 e. The van der Waals surface area contributed by atoms with E-state index in [1.54, 1.807) is 24.4 Å². The highest BCUT2D eigenvalue weighted by atomic mass is 16.3. The third-order valence-corrected chi connectivity index (χ3v) is 2.54. The van der Waals surface area contributed by atoms with Gasteiger partial charge >= 0.3 is 0 Å². The van der Waals surface area contributed by atoms with Crippen LogP contribution in [0, 0.1) is 0 Å². The van der Waals surface area contributed by atoms with Crippen molar-refractivity contribution >= 4 is 6.21 Å². The van der Waals surface area contributed by atoms with E-state index in [4.69, 9.17) is 10.2 Å². The van der Waals surface area contributed by atoms with Crippen LogP contribution in [0.15, 0.2) is 29.3 Å². The van der Waals surface area contributed by atoms with Gasteiger partial charge < -0.3 is 15.3 Å². The highest BCUT2D eigenvalue weighted by molar-refractivity contribution is 5.83. The van der Waals surface area contributed by atoms with E-state index in [1.165, 1.54) is 0 Å². The monoisotopic (exact) mass is 252 g/mol. The van der Waals surface area contributed by atoms with E-state index < -0.39 is 0 Å². The average molecular weight is 252 g/mol. The third kappa shape index (κ3) is 5.27. The molecule has 5 heteroatoms. The molecule has 5 nitrogen and oxygen atoms in total. The SMILES string of the molecule is OCCN(CCO)CCN=Cc1ccccc1O. The van der Waals surface area contributed by atoms with Crippen molar-refractivity contribution in [3.63, 3.8) is 0 Å². The molecular formula is C13H20N2O3. The Morgan fingerprint density at radius 2 is 1.72 bits per heavy atom. The third-order valence-electron chi connectivity index (χ3n) is 2.54. The van der Waals surface area contributed by atoms with E-state index in [0.29, 0.717) is 31.7 Å². The molecule has 18 heavy (non-hydrogen) atoms. The quantitative estimate of drug-likeness (QED) is 0.573. The Morgan fingerprint density at radius 3 is 2.33 bits per heavy atom. The number of rotatable bonds is 8. The zero-order valence-electron chi connectivity index (χ0n) is 10.4. The first kappa shape index (κ1) is 14.6. The van der Waals surface area contributed by atoms with Crippen LogP contribution in [0.4, 0.5) is 0 Å². The molecule has 0 aliphatic heterocycles. The van der Waals surface area contributed by atoms with Gasteiger partial charge in [-0.05, 0) is 12.1 Å². The van der Waals surface area contributed by atoms with E-state index in [-0.39, 0.29) is 19.0 Å². The summed E-state index contributed by atoms with van der Waals surface area (Å²) in [5.41, 5.74) is 0.688. The fourth-order valence-electron chi connectivity index (χ4n) is 1.58. The standard InChI is InChI=1S/C13H20N2O3/c16-9-7-15(8-10-17)6-5-14-11-12-3-1-2-4-13(12)18/h1-4,11,16-18H,5-10H2. The van der Waals surface area contributed by atoms with Crippen molar-refractivity contribution in [3.8, 4) is 5.75 Å². The van der Waals surface area contributed by atoms with Crippen LogP contribution in [-0.4, -0.2) is 65.8 Å². The Bertz CT molecular complexity index is 363. The number of hydrogen-bond donors (Lipinski definition) is 3. The van der Waals surface area contributed by atoms with Gasteiger partial charge in [0.15, 0.2) is 0 Å². The maximum absolute atomic E-state index is 9.52. The molecule has 1 rings (SSSR count). The van der Waals surface area contributed by atoms with Gasteiger partial charge in [-0.15, -0.1) is 0 Å². The zero-order chi connectivity index (χ0) is 13.2. The van der Waals surface area contributed by atoms with Crippen molar-refractivity contribution < 1.29 is 15.3 Å². The number of aliphatic hydroxyl groups is 2. The van der Waals surface area contributed by atoms with Crippen molar-refractivity contribution in [2.75, 3.05) is 39.4 Å². The fraction of sp³-hybridized carbons (Fsp3) is 0.462. The van der Waals surface area contributed by atoms with Crippen molar-refractivity contribution in [2.24, 2.45) is 4.99 Å². The molecule has 3 N–H and O–H groups in total. The van der Waals surface area contributed by atoms with Crippen LogP contribution in [-0.2, 0) is 0 Å². The first-order valence-electron chi connectivity index (χ1n) is 6.00.